The van der Waals surface area contributed by atoms with Crippen LogP contribution in [0, 0.1) is 6.20 Å². The van der Waals surface area contributed by atoms with Crippen LogP contribution in [0.4, 0.5) is 0 Å². The van der Waals surface area contributed by atoms with Crippen LogP contribution in [0.5, 0.6) is 5.88 Å². The van der Waals surface area contributed by atoms with Crippen LogP contribution in [-0.2, 0) is 17.3 Å². The second-order valence-electron chi connectivity index (χ2n) is 3.32. The van der Waals surface area contributed by atoms with Gasteiger partial charge in [0, 0.05) is 0 Å². The number of hydrogen-bond acceptors (Lipinski definition) is 2. The van der Waals surface area contributed by atoms with Crippen LogP contribution in [0.1, 0.15) is 20.8 Å². The van der Waals surface area contributed by atoms with Gasteiger partial charge < -0.3 is 9.72 Å². The number of hydrogen-bond donors (Lipinski definition) is 0. The van der Waals surface area contributed by atoms with Gasteiger partial charge in [0.1, 0.15) is 0 Å². The van der Waals surface area contributed by atoms with Crippen molar-refractivity contribution in [1.82, 2.24) is 4.98 Å². The first-order valence-electron chi connectivity index (χ1n) is 3.87. The molecule has 0 bridgehead atoms. The Labute approximate surface area is 93.4 Å². The van der Waals surface area contributed by atoms with Crippen LogP contribution in [-0.4, -0.2) is 10.6 Å². The molecule has 1 rings (SSSR count). The van der Waals surface area contributed by atoms with Crippen molar-refractivity contribution in [2.75, 3.05) is 0 Å². The number of ether oxygens (including phenoxy) is 1. The Hall–Kier alpha value is -0.137. The Morgan fingerprint density at radius 2 is 2.08 bits per heavy atom. The molecule has 0 atom stereocenters. The van der Waals surface area contributed by atoms with Gasteiger partial charge in [-0.25, -0.2) is 0 Å². The Morgan fingerprint density at radius 1 is 1.46 bits per heavy atom. The average molecular weight is 251 g/mol. The van der Waals surface area contributed by atoms with Crippen molar-refractivity contribution in [3.05, 3.63) is 24.4 Å². The molecule has 13 heavy (non-hydrogen) atoms. The van der Waals surface area contributed by atoms with E-state index in [2.05, 4.69) is 11.2 Å². The van der Waals surface area contributed by atoms with Gasteiger partial charge in [-0.1, -0.05) is 6.20 Å². The van der Waals surface area contributed by atoms with E-state index in [-0.39, 0.29) is 5.60 Å². The first-order chi connectivity index (χ1) is 6.08. The molecule has 1 aromatic heterocycles. The van der Waals surface area contributed by atoms with Crippen molar-refractivity contribution in [2.24, 2.45) is 0 Å². The van der Waals surface area contributed by atoms with E-state index >= 15 is 0 Å². The molecule has 2 nitrogen and oxygen atoms in total. The SMILES string of the molecule is CC(C)(C)Oc1ccc[c-]n1.[Cl][Zn+]. The molecule has 0 saturated carbocycles. The fraction of sp³-hybridized carbons (Fsp3) is 0.444. The summed E-state index contributed by atoms with van der Waals surface area (Å²) in [6.45, 7) is 5.96. The predicted molar refractivity (Wildman–Crippen MR) is 49.3 cm³/mol. The second kappa shape index (κ2) is 6.34. The molecule has 0 aromatic carbocycles. The molecule has 0 saturated heterocycles. The monoisotopic (exact) mass is 249 g/mol. The van der Waals surface area contributed by atoms with Gasteiger partial charge in [-0.3, -0.25) is 0 Å². The maximum absolute atomic E-state index is 5.46. The summed E-state index contributed by atoms with van der Waals surface area (Å²) in [4.78, 5) is 3.92. The third-order valence-electron chi connectivity index (χ3n) is 0.995. The molecule has 0 unspecified atom stereocenters. The zero-order valence-electron chi connectivity index (χ0n) is 8.17. The zero-order valence-corrected chi connectivity index (χ0v) is 11.9. The first kappa shape index (κ1) is 12.9. The van der Waals surface area contributed by atoms with Crippen LogP contribution < -0.4 is 4.74 Å². The molecule has 0 spiro atoms. The predicted octanol–water partition coefficient (Wildman–Crippen LogP) is 2.75. The summed E-state index contributed by atoms with van der Waals surface area (Å²) in [7, 11) is 4.76. The van der Waals surface area contributed by atoms with E-state index in [9.17, 15) is 0 Å². The summed E-state index contributed by atoms with van der Waals surface area (Å²) in [5.74, 6) is 0.625. The van der Waals surface area contributed by atoms with Crippen LogP contribution >= 0.6 is 9.69 Å². The second-order valence-corrected chi connectivity index (χ2v) is 3.32. The summed E-state index contributed by atoms with van der Waals surface area (Å²) < 4.78 is 5.46. The third kappa shape index (κ3) is 6.98. The molecule has 0 aliphatic rings. The van der Waals surface area contributed by atoms with Crippen molar-refractivity contribution >= 4 is 9.69 Å². The van der Waals surface area contributed by atoms with Gasteiger partial charge in [0.2, 0.25) is 0 Å². The van der Waals surface area contributed by atoms with Crippen LogP contribution in [0.3, 0.4) is 0 Å². The Balaban J connectivity index is 0.000000671. The molecule has 4 heteroatoms. The minimum atomic E-state index is -0.178. The zero-order chi connectivity index (χ0) is 10.3. The summed E-state index contributed by atoms with van der Waals surface area (Å²) in [5, 5.41) is 0. The molecule has 1 aromatic rings. The normalized spacial score (nSPS) is 10.0. The van der Waals surface area contributed by atoms with Crippen LogP contribution in [0.2, 0.25) is 0 Å². The summed E-state index contributed by atoms with van der Waals surface area (Å²) in [6, 6.07) is 5.42. The van der Waals surface area contributed by atoms with E-state index in [1.165, 1.54) is 0 Å². The Bertz CT molecular complexity index is 223. The fourth-order valence-corrected chi connectivity index (χ4v) is 0.682. The average Bonchev–Trinajstić information content (AvgIpc) is 2.07. The van der Waals surface area contributed by atoms with E-state index in [1.54, 1.807) is 6.07 Å². The van der Waals surface area contributed by atoms with Crippen LogP contribution in [0.25, 0.3) is 0 Å². The molecular weight excluding hydrogens is 239 g/mol. The van der Waals surface area contributed by atoms with E-state index in [0.717, 1.165) is 17.3 Å². The van der Waals surface area contributed by atoms with E-state index in [4.69, 9.17) is 14.4 Å². The summed E-state index contributed by atoms with van der Waals surface area (Å²) in [6.07, 6.45) is 2.71. The maximum atomic E-state index is 5.46. The third-order valence-corrected chi connectivity index (χ3v) is 0.995. The van der Waals surface area contributed by atoms with Crippen molar-refractivity contribution in [3.8, 4) is 5.88 Å². The van der Waals surface area contributed by atoms with Crippen molar-refractivity contribution in [1.29, 1.82) is 0 Å². The van der Waals surface area contributed by atoms with Gasteiger partial charge in [-0.2, -0.15) is 12.1 Å². The van der Waals surface area contributed by atoms with E-state index < -0.39 is 0 Å². The summed E-state index contributed by atoms with van der Waals surface area (Å²) >= 11 is 0.847. The molecule has 0 radical (unpaired) electrons. The number of aromatic nitrogens is 1. The van der Waals surface area contributed by atoms with Crippen LogP contribution in [0.15, 0.2) is 18.2 Å². The number of halogens is 1. The molecule has 1 heterocycles. The van der Waals surface area contributed by atoms with Crippen molar-refractivity contribution < 1.29 is 22.0 Å². The molecule has 0 fully saturated rings. The molecular formula is C9H12ClNOZn. The van der Waals surface area contributed by atoms with Gasteiger partial charge in [0.15, 0.2) is 0 Å². The molecule has 0 N–H and O–H groups in total. The Kier molecular flexibility index (Phi) is 6.27. The fourth-order valence-electron chi connectivity index (χ4n) is 0.682. The number of pyridine rings is 1. The quantitative estimate of drug-likeness (QED) is 0.565. The molecule has 0 aliphatic carbocycles. The van der Waals surface area contributed by atoms with Gasteiger partial charge in [-0.15, -0.1) is 6.07 Å². The Morgan fingerprint density at radius 3 is 2.46 bits per heavy atom. The van der Waals surface area contributed by atoms with Crippen molar-refractivity contribution in [2.45, 2.75) is 26.4 Å². The van der Waals surface area contributed by atoms with Gasteiger partial charge in [0.25, 0.3) is 0 Å². The first-order valence-corrected chi connectivity index (χ1v) is 7.77. The molecule has 0 aliphatic heterocycles. The molecule has 0 amide bonds. The van der Waals surface area contributed by atoms with Gasteiger partial charge >= 0.3 is 27.0 Å². The molecule has 68 valence electrons. The van der Waals surface area contributed by atoms with Gasteiger partial charge in [-0.05, 0) is 20.8 Å². The number of nitrogens with zero attached hydrogens (tertiary/aromatic N) is 1. The van der Waals surface area contributed by atoms with Gasteiger partial charge in [0.05, 0.1) is 11.5 Å². The van der Waals surface area contributed by atoms with E-state index in [0.29, 0.717) is 5.88 Å². The topological polar surface area (TPSA) is 22.1 Å². The van der Waals surface area contributed by atoms with Crippen molar-refractivity contribution in [3.63, 3.8) is 0 Å². The summed E-state index contributed by atoms with van der Waals surface area (Å²) in [5.41, 5.74) is -0.178. The minimum absolute atomic E-state index is 0.178. The van der Waals surface area contributed by atoms with E-state index in [1.807, 2.05) is 32.9 Å². The number of rotatable bonds is 1. The standard InChI is InChI=1S/C9H12NO.ClH.Zn/c1-9(2,3)11-8-6-4-5-7-10-8;;/h4-6H,1-3H3;1H;/q-1;;+2/p-1.